The first-order valence-electron chi connectivity index (χ1n) is 6.41. The number of nitrogens with zero attached hydrogens (tertiary/aromatic N) is 2. The molecule has 1 atom stereocenters. The first-order chi connectivity index (χ1) is 9.15. The lowest BCUT2D eigenvalue weighted by Gasteiger charge is -2.36. The molecule has 1 aromatic rings. The number of likely N-dealkylation sites (N-methyl/N-ethyl adjacent to an activating group) is 1. The van der Waals surface area contributed by atoms with E-state index in [2.05, 4.69) is 6.58 Å². The second-order valence-corrected chi connectivity index (χ2v) is 4.64. The molecule has 0 spiro atoms. The summed E-state index contributed by atoms with van der Waals surface area (Å²) in [6.45, 7) is 4.17. The van der Waals surface area contributed by atoms with Gasteiger partial charge in [0, 0.05) is 19.3 Å². The van der Waals surface area contributed by atoms with Gasteiger partial charge < -0.3 is 9.80 Å². The van der Waals surface area contributed by atoms with Crippen LogP contribution in [0, 0.1) is 0 Å². The molecular formula is C15H18N2O2. The molecule has 100 valence electrons. The zero-order valence-electron chi connectivity index (χ0n) is 11.1. The molecule has 1 saturated heterocycles. The molecule has 1 unspecified atom stereocenters. The lowest BCUT2D eigenvalue weighted by molar-refractivity contribution is -0.135. The summed E-state index contributed by atoms with van der Waals surface area (Å²) in [4.78, 5) is 27.4. The standard InChI is InChI=1S/C15H18N2O2/c1-3-14(18)16(2)13-10-7-11-17(15(13)19)12-8-5-4-6-9-12/h3-6,8-9,13H,1,7,10-11H2,2H3. The van der Waals surface area contributed by atoms with Gasteiger partial charge >= 0.3 is 0 Å². The Bertz CT molecular complexity index is 484. The number of para-hydroxylation sites is 1. The van der Waals surface area contributed by atoms with Crippen molar-refractivity contribution in [2.24, 2.45) is 0 Å². The number of carbonyl (C=O) groups is 2. The number of hydrogen-bond donors (Lipinski definition) is 0. The normalized spacial score (nSPS) is 19.1. The molecule has 2 amide bonds. The highest BCUT2D eigenvalue weighted by Crippen LogP contribution is 2.23. The summed E-state index contributed by atoms with van der Waals surface area (Å²) in [5.74, 6) is -0.233. The maximum absolute atomic E-state index is 12.5. The largest absolute Gasteiger partial charge is 0.330 e. The Balaban J connectivity index is 2.19. The Hall–Kier alpha value is -2.10. The Kier molecular flexibility index (Phi) is 4.00. The maximum Gasteiger partial charge on any atom is 0.249 e. The van der Waals surface area contributed by atoms with Gasteiger partial charge in [-0.05, 0) is 31.1 Å². The quantitative estimate of drug-likeness (QED) is 0.776. The number of rotatable bonds is 3. The summed E-state index contributed by atoms with van der Waals surface area (Å²) in [6.07, 6.45) is 2.84. The zero-order valence-corrected chi connectivity index (χ0v) is 11.1. The van der Waals surface area contributed by atoms with E-state index in [1.54, 1.807) is 11.9 Å². The molecule has 1 heterocycles. The van der Waals surface area contributed by atoms with Crippen LogP contribution in [0.2, 0.25) is 0 Å². The maximum atomic E-state index is 12.5. The van der Waals surface area contributed by atoms with Crippen LogP contribution in [0.1, 0.15) is 12.8 Å². The molecule has 0 aromatic heterocycles. The molecule has 0 saturated carbocycles. The Morgan fingerprint density at radius 2 is 2.11 bits per heavy atom. The summed E-state index contributed by atoms with van der Waals surface area (Å²) >= 11 is 0. The van der Waals surface area contributed by atoms with Crippen molar-refractivity contribution in [2.45, 2.75) is 18.9 Å². The van der Waals surface area contributed by atoms with Gasteiger partial charge in [0.05, 0.1) is 0 Å². The van der Waals surface area contributed by atoms with Crippen molar-refractivity contribution in [3.05, 3.63) is 43.0 Å². The minimum Gasteiger partial charge on any atom is -0.330 e. The Labute approximate surface area is 113 Å². The van der Waals surface area contributed by atoms with E-state index in [-0.39, 0.29) is 17.9 Å². The van der Waals surface area contributed by atoms with Crippen LogP contribution >= 0.6 is 0 Å². The third-order valence-electron chi connectivity index (χ3n) is 3.47. The van der Waals surface area contributed by atoms with Crippen LogP contribution in [0.5, 0.6) is 0 Å². The Morgan fingerprint density at radius 3 is 2.74 bits per heavy atom. The van der Waals surface area contributed by atoms with E-state index in [4.69, 9.17) is 0 Å². The van der Waals surface area contributed by atoms with Gasteiger partial charge in [0.1, 0.15) is 6.04 Å². The molecule has 1 aliphatic heterocycles. The molecule has 0 N–H and O–H groups in total. The van der Waals surface area contributed by atoms with E-state index in [1.165, 1.54) is 11.0 Å². The zero-order chi connectivity index (χ0) is 13.8. The van der Waals surface area contributed by atoms with Crippen molar-refractivity contribution < 1.29 is 9.59 Å². The molecule has 1 fully saturated rings. The highest BCUT2D eigenvalue weighted by atomic mass is 16.2. The topological polar surface area (TPSA) is 40.6 Å². The van der Waals surface area contributed by atoms with E-state index in [9.17, 15) is 9.59 Å². The van der Waals surface area contributed by atoms with Crippen LogP contribution in [0.4, 0.5) is 5.69 Å². The monoisotopic (exact) mass is 258 g/mol. The molecule has 2 rings (SSSR count). The fourth-order valence-corrected chi connectivity index (χ4v) is 2.38. The minimum absolute atomic E-state index is 0.0184. The van der Waals surface area contributed by atoms with Gasteiger partial charge in [-0.25, -0.2) is 0 Å². The van der Waals surface area contributed by atoms with Gasteiger partial charge in [-0.3, -0.25) is 9.59 Å². The highest BCUT2D eigenvalue weighted by Gasteiger charge is 2.33. The van der Waals surface area contributed by atoms with Gasteiger partial charge in [-0.15, -0.1) is 0 Å². The van der Waals surface area contributed by atoms with Crippen molar-refractivity contribution in [3.63, 3.8) is 0 Å². The van der Waals surface area contributed by atoms with E-state index >= 15 is 0 Å². The molecular weight excluding hydrogens is 240 g/mol. The van der Waals surface area contributed by atoms with Crippen LogP contribution in [0.25, 0.3) is 0 Å². The summed E-state index contributed by atoms with van der Waals surface area (Å²) in [7, 11) is 1.65. The molecule has 0 radical (unpaired) electrons. The van der Waals surface area contributed by atoms with Gasteiger partial charge in [0.15, 0.2) is 0 Å². The number of piperidine rings is 1. The van der Waals surface area contributed by atoms with Gasteiger partial charge in [-0.2, -0.15) is 0 Å². The van der Waals surface area contributed by atoms with Crippen molar-refractivity contribution in [2.75, 3.05) is 18.5 Å². The van der Waals surface area contributed by atoms with E-state index in [0.717, 1.165) is 12.1 Å². The third kappa shape index (κ3) is 2.67. The molecule has 4 nitrogen and oxygen atoms in total. The third-order valence-corrected chi connectivity index (χ3v) is 3.47. The number of anilines is 1. The van der Waals surface area contributed by atoms with Gasteiger partial charge in [-0.1, -0.05) is 24.8 Å². The first-order valence-corrected chi connectivity index (χ1v) is 6.41. The van der Waals surface area contributed by atoms with Crippen LogP contribution in [-0.4, -0.2) is 36.3 Å². The molecule has 19 heavy (non-hydrogen) atoms. The van der Waals surface area contributed by atoms with Crippen LogP contribution in [0.3, 0.4) is 0 Å². The van der Waals surface area contributed by atoms with Gasteiger partial charge in [0.25, 0.3) is 0 Å². The first kappa shape index (κ1) is 13.3. The van der Waals surface area contributed by atoms with E-state index in [1.807, 2.05) is 30.3 Å². The fourth-order valence-electron chi connectivity index (χ4n) is 2.38. The van der Waals surface area contributed by atoms with E-state index < -0.39 is 0 Å². The second kappa shape index (κ2) is 5.69. The second-order valence-electron chi connectivity index (χ2n) is 4.64. The summed E-state index contributed by atoms with van der Waals surface area (Å²) in [5, 5.41) is 0. The summed E-state index contributed by atoms with van der Waals surface area (Å²) in [5.41, 5.74) is 0.886. The van der Waals surface area contributed by atoms with Crippen molar-refractivity contribution in [3.8, 4) is 0 Å². The smallest absolute Gasteiger partial charge is 0.249 e. The molecule has 1 aliphatic rings. The fraction of sp³-hybridized carbons (Fsp3) is 0.333. The Morgan fingerprint density at radius 1 is 1.42 bits per heavy atom. The predicted octanol–water partition coefficient (Wildman–Crippen LogP) is 1.83. The number of amides is 2. The highest BCUT2D eigenvalue weighted by molar-refractivity contribution is 6.01. The average molecular weight is 258 g/mol. The van der Waals surface area contributed by atoms with Gasteiger partial charge in [0.2, 0.25) is 11.8 Å². The van der Waals surface area contributed by atoms with E-state index in [0.29, 0.717) is 13.0 Å². The molecule has 0 aliphatic carbocycles. The van der Waals surface area contributed by atoms with Crippen molar-refractivity contribution in [1.82, 2.24) is 4.90 Å². The number of hydrogen-bond acceptors (Lipinski definition) is 2. The lowest BCUT2D eigenvalue weighted by atomic mass is 10.0. The summed E-state index contributed by atoms with van der Waals surface area (Å²) in [6, 6.07) is 9.17. The van der Waals surface area contributed by atoms with Crippen molar-refractivity contribution in [1.29, 1.82) is 0 Å². The van der Waals surface area contributed by atoms with Crippen LogP contribution in [-0.2, 0) is 9.59 Å². The predicted molar refractivity (Wildman–Crippen MR) is 74.8 cm³/mol. The van der Waals surface area contributed by atoms with Crippen LogP contribution < -0.4 is 4.90 Å². The SMILES string of the molecule is C=CC(=O)N(C)C1CCCN(c2ccccc2)C1=O. The average Bonchev–Trinajstić information content (AvgIpc) is 2.47. The molecule has 4 heteroatoms. The minimum atomic E-state index is -0.389. The number of benzene rings is 1. The van der Waals surface area contributed by atoms with Crippen molar-refractivity contribution >= 4 is 17.5 Å². The molecule has 1 aromatic carbocycles. The number of carbonyl (C=O) groups excluding carboxylic acids is 2. The molecule has 0 bridgehead atoms. The van der Waals surface area contributed by atoms with Crippen LogP contribution in [0.15, 0.2) is 43.0 Å². The lowest BCUT2D eigenvalue weighted by Crippen LogP contribution is -2.52. The summed E-state index contributed by atoms with van der Waals surface area (Å²) < 4.78 is 0.